The van der Waals surface area contributed by atoms with Gasteiger partial charge >= 0.3 is 0 Å². The minimum atomic E-state index is -3.81. The van der Waals surface area contributed by atoms with Gasteiger partial charge in [0.1, 0.15) is 17.3 Å². The number of para-hydroxylation sites is 1. The van der Waals surface area contributed by atoms with E-state index >= 15 is 0 Å². The minimum absolute atomic E-state index is 0.0737. The summed E-state index contributed by atoms with van der Waals surface area (Å²) in [5.74, 6) is -0.0493. The normalized spacial score (nSPS) is 13.7. The van der Waals surface area contributed by atoms with Crippen LogP contribution in [0.4, 0.5) is 5.69 Å². The summed E-state index contributed by atoms with van der Waals surface area (Å²) in [6, 6.07) is 9.10. The van der Waals surface area contributed by atoms with Crippen LogP contribution in [0.2, 0.25) is 5.02 Å². The SMILES string of the molecule is COCCOc1c(Cl)cccc1NC(=O)c1ccc(OC)c(S(=O)(=O)NC2CC2)c1. The van der Waals surface area contributed by atoms with E-state index < -0.39 is 15.9 Å². The number of anilines is 1. The number of nitrogens with one attached hydrogen (secondary N) is 2. The number of halogens is 1. The first kappa shape index (κ1) is 22.4. The molecule has 0 bridgehead atoms. The fourth-order valence-corrected chi connectivity index (χ4v) is 4.42. The van der Waals surface area contributed by atoms with E-state index in [4.69, 9.17) is 25.8 Å². The molecule has 0 aromatic heterocycles. The first-order valence-corrected chi connectivity index (χ1v) is 11.1. The van der Waals surface area contributed by atoms with Gasteiger partial charge in [0.25, 0.3) is 5.91 Å². The summed E-state index contributed by atoms with van der Waals surface area (Å²) in [6.45, 7) is 0.604. The monoisotopic (exact) mass is 454 g/mol. The number of sulfonamides is 1. The molecule has 1 saturated carbocycles. The molecule has 10 heteroatoms. The van der Waals surface area contributed by atoms with E-state index in [-0.39, 0.29) is 28.9 Å². The molecule has 0 unspecified atom stereocenters. The van der Waals surface area contributed by atoms with Crippen LogP contribution in [0.25, 0.3) is 0 Å². The topological polar surface area (TPSA) is 103 Å². The Morgan fingerprint density at radius 1 is 1.17 bits per heavy atom. The first-order chi connectivity index (χ1) is 14.4. The number of benzene rings is 2. The second kappa shape index (κ2) is 9.65. The molecule has 3 rings (SSSR count). The summed E-state index contributed by atoms with van der Waals surface area (Å²) < 4.78 is 43.7. The van der Waals surface area contributed by atoms with Crippen LogP contribution < -0.4 is 19.5 Å². The molecule has 0 saturated heterocycles. The Morgan fingerprint density at radius 3 is 2.60 bits per heavy atom. The van der Waals surface area contributed by atoms with Crippen molar-refractivity contribution >= 4 is 33.2 Å². The Balaban J connectivity index is 1.86. The lowest BCUT2D eigenvalue weighted by Gasteiger charge is -2.15. The van der Waals surface area contributed by atoms with Crippen molar-refractivity contribution in [1.82, 2.24) is 4.72 Å². The lowest BCUT2D eigenvalue weighted by molar-refractivity contribution is 0.102. The molecule has 2 N–H and O–H groups in total. The summed E-state index contributed by atoms with van der Waals surface area (Å²) in [5, 5.41) is 3.05. The lowest BCUT2D eigenvalue weighted by atomic mass is 10.2. The summed E-state index contributed by atoms with van der Waals surface area (Å²) >= 11 is 6.20. The Labute approximate surface area is 180 Å². The van der Waals surface area contributed by atoms with Crippen LogP contribution in [0.5, 0.6) is 11.5 Å². The maximum atomic E-state index is 12.8. The first-order valence-electron chi connectivity index (χ1n) is 9.27. The van der Waals surface area contributed by atoms with Gasteiger partial charge < -0.3 is 19.5 Å². The summed E-state index contributed by atoms with van der Waals surface area (Å²) in [5.41, 5.74) is 0.509. The van der Waals surface area contributed by atoms with Gasteiger partial charge in [-0.05, 0) is 43.2 Å². The van der Waals surface area contributed by atoms with Crippen molar-refractivity contribution in [3.8, 4) is 11.5 Å². The average molecular weight is 455 g/mol. The third-order valence-corrected chi connectivity index (χ3v) is 6.20. The van der Waals surface area contributed by atoms with Gasteiger partial charge in [-0.3, -0.25) is 4.79 Å². The van der Waals surface area contributed by atoms with Gasteiger partial charge in [0.2, 0.25) is 10.0 Å². The molecular formula is C20H23ClN2O6S. The predicted octanol–water partition coefficient (Wildman–Crippen LogP) is 3.07. The van der Waals surface area contributed by atoms with E-state index in [1.807, 2.05) is 0 Å². The van der Waals surface area contributed by atoms with Crippen LogP contribution in [0, 0.1) is 0 Å². The molecule has 8 nitrogen and oxygen atoms in total. The van der Waals surface area contributed by atoms with Gasteiger partial charge in [0.05, 0.1) is 24.4 Å². The molecule has 1 aliphatic rings. The van der Waals surface area contributed by atoms with E-state index in [9.17, 15) is 13.2 Å². The lowest BCUT2D eigenvalue weighted by Crippen LogP contribution is -2.26. The van der Waals surface area contributed by atoms with Gasteiger partial charge in [0.15, 0.2) is 5.75 Å². The van der Waals surface area contributed by atoms with Gasteiger partial charge in [-0.25, -0.2) is 13.1 Å². The van der Waals surface area contributed by atoms with Crippen molar-refractivity contribution in [3.63, 3.8) is 0 Å². The van der Waals surface area contributed by atoms with Gasteiger partial charge in [-0.15, -0.1) is 0 Å². The van der Waals surface area contributed by atoms with Crippen molar-refractivity contribution in [1.29, 1.82) is 0 Å². The zero-order valence-electron chi connectivity index (χ0n) is 16.6. The molecule has 30 heavy (non-hydrogen) atoms. The van der Waals surface area contributed by atoms with E-state index in [1.165, 1.54) is 25.3 Å². The van der Waals surface area contributed by atoms with Crippen molar-refractivity contribution in [2.45, 2.75) is 23.8 Å². The quantitative estimate of drug-likeness (QED) is 0.535. The van der Waals surface area contributed by atoms with Crippen molar-refractivity contribution in [3.05, 3.63) is 47.0 Å². The Kier molecular flexibility index (Phi) is 7.19. The number of hydrogen-bond donors (Lipinski definition) is 2. The van der Waals surface area contributed by atoms with Crippen LogP contribution in [0.15, 0.2) is 41.3 Å². The summed E-state index contributed by atoms with van der Waals surface area (Å²) in [4.78, 5) is 12.7. The van der Waals surface area contributed by atoms with Gasteiger partial charge in [-0.2, -0.15) is 0 Å². The maximum absolute atomic E-state index is 12.8. The fraction of sp³-hybridized carbons (Fsp3) is 0.350. The number of ether oxygens (including phenoxy) is 3. The Bertz CT molecular complexity index is 1020. The second-order valence-electron chi connectivity index (χ2n) is 6.67. The van der Waals surface area contributed by atoms with Crippen LogP contribution in [-0.4, -0.2) is 47.8 Å². The third-order valence-electron chi connectivity index (χ3n) is 4.36. The van der Waals surface area contributed by atoms with Crippen LogP contribution >= 0.6 is 11.6 Å². The summed E-state index contributed by atoms with van der Waals surface area (Å²) in [7, 11) is -0.890. The molecule has 162 valence electrons. The molecule has 1 fully saturated rings. The largest absolute Gasteiger partial charge is 0.495 e. The summed E-state index contributed by atoms with van der Waals surface area (Å²) in [6.07, 6.45) is 1.59. The van der Waals surface area contributed by atoms with Crippen LogP contribution in [0.1, 0.15) is 23.2 Å². The Hall–Kier alpha value is -2.33. The number of carbonyl (C=O) groups excluding carboxylic acids is 1. The highest BCUT2D eigenvalue weighted by Gasteiger charge is 2.30. The standard InChI is InChI=1S/C20H23ClN2O6S/c1-27-10-11-29-19-15(21)4-3-5-16(19)22-20(24)13-6-9-17(28-2)18(12-13)30(25,26)23-14-7-8-14/h3-6,9,12,14,23H,7-8,10-11H2,1-2H3,(H,22,24). The highest BCUT2D eigenvalue weighted by atomic mass is 35.5. The smallest absolute Gasteiger partial charge is 0.255 e. The maximum Gasteiger partial charge on any atom is 0.255 e. The molecule has 1 aliphatic carbocycles. The molecule has 0 radical (unpaired) electrons. The highest BCUT2D eigenvalue weighted by Crippen LogP contribution is 2.34. The molecular weight excluding hydrogens is 432 g/mol. The number of hydrogen-bond acceptors (Lipinski definition) is 6. The average Bonchev–Trinajstić information content (AvgIpc) is 3.53. The molecule has 0 aliphatic heterocycles. The molecule has 2 aromatic carbocycles. The van der Waals surface area contributed by atoms with E-state index in [0.717, 1.165) is 12.8 Å². The molecule has 0 spiro atoms. The third kappa shape index (κ3) is 5.42. The van der Waals surface area contributed by atoms with Crippen LogP contribution in [-0.2, 0) is 14.8 Å². The van der Waals surface area contributed by atoms with E-state index in [0.29, 0.717) is 23.1 Å². The van der Waals surface area contributed by atoms with Gasteiger partial charge in [0, 0.05) is 18.7 Å². The zero-order valence-corrected chi connectivity index (χ0v) is 18.2. The van der Waals surface area contributed by atoms with E-state index in [1.54, 1.807) is 25.3 Å². The number of amides is 1. The van der Waals surface area contributed by atoms with Gasteiger partial charge in [-0.1, -0.05) is 17.7 Å². The number of rotatable bonds is 10. The number of carbonyl (C=O) groups is 1. The molecule has 0 heterocycles. The number of methoxy groups -OCH3 is 2. The predicted molar refractivity (Wildman–Crippen MR) is 113 cm³/mol. The molecule has 2 aromatic rings. The Morgan fingerprint density at radius 2 is 1.93 bits per heavy atom. The second-order valence-corrected chi connectivity index (χ2v) is 8.76. The van der Waals surface area contributed by atoms with Crippen molar-refractivity contribution in [2.24, 2.45) is 0 Å². The van der Waals surface area contributed by atoms with Crippen LogP contribution in [0.3, 0.4) is 0 Å². The zero-order chi connectivity index (χ0) is 21.7. The van der Waals surface area contributed by atoms with E-state index in [2.05, 4.69) is 10.0 Å². The molecule has 0 atom stereocenters. The van der Waals surface area contributed by atoms with Crippen molar-refractivity contribution < 1.29 is 27.4 Å². The van der Waals surface area contributed by atoms with Crippen molar-refractivity contribution in [2.75, 3.05) is 32.8 Å². The minimum Gasteiger partial charge on any atom is -0.495 e. The fourth-order valence-electron chi connectivity index (χ4n) is 2.69. The molecule has 1 amide bonds. The highest BCUT2D eigenvalue weighted by molar-refractivity contribution is 7.89.